The highest BCUT2D eigenvalue weighted by molar-refractivity contribution is 7.99. The molecule has 120 valence electrons. The van der Waals surface area contributed by atoms with E-state index in [4.69, 9.17) is 0 Å². The third-order valence-electron chi connectivity index (χ3n) is 4.14. The van der Waals surface area contributed by atoms with Crippen LogP contribution in [0.2, 0.25) is 0 Å². The highest BCUT2D eigenvalue weighted by atomic mass is 32.2. The van der Waals surface area contributed by atoms with Crippen LogP contribution in [0.4, 0.5) is 0 Å². The molecule has 2 amide bonds. The van der Waals surface area contributed by atoms with Crippen LogP contribution in [0.1, 0.15) is 24.5 Å². The summed E-state index contributed by atoms with van der Waals surface area (Å²) in [6.07, 6.45) is 0.553. The highest BCUT2D eigenvalue weighted by Crippen LogP contribution is 2.22. The van der Waals surface area contributed by atoms with Crippen molar-refractivity contribution in [2.75, 3.05) is 31.9 Å². The molecule has 0 unspecified atom stereocenters. The lowest BCUT2D eigenvalue weighted by Gasteiger charge is -2.34. The largest absolute Gasteiger partial charge is 0.339 e. The highest BCUT2D eigenvalue weighted by Gasteiger charge is 2.21. The van der Waals surface area contributed by atoms with Crippen LogP contribution in [0.15, 0.2) is 23.1 Å². The van der Waals surface area contributed by atoms with Crippen LogP contribution in [0.25, 0.3) is 0 Å². The van der Waals surface area contributed by atoms with E-state index in [1.807, 2.05) is 4.90 Å². The molecule has 1 aliphatic rings. The molecule has 0 saturated carbocycles. The van der Waals surface area contributed by atoms with E-state index in [0.717, 1.165) is 5.75 Å². The van der Waals surface area contributed by atoms with Gasteiger partial charge >= 0.3 is 0 Å². The normalized spacial score (nSPS) is 15.0. The molecular weight excluding hydrogens is 296 g/mol. The molecule has 1 aliphatic heterocycles. The molecule has 0 atom stereocenters. The lowest BCUT2D eigenvalue weighted by Crippen LogP contribution is -2.50. The van der Waals surface area contributed by atoms with Gasteiger partial charge in [-0.1, -0.05) is 6.07 Å². The minimum absolute atomic E-state index is 0.0948. The van der Waals surface area contributed by atoms with E-state index in [1.54, 1.807) is 23.6 Å². The Bertz CT molecular complexity index is 552. The smallest absolute Gasteiger partial charge is 0.223 e. The lowest BCUT2D eigenvalue weighted by atomic mass is 10.1. The first-order valence-electron chi connectivity index (χ1n) is 7.70. The molecule has 0 aromatic heterocycles. The van der Waals surface area contributed by atoms with Crippen LogP contribution < -0.4 is 0 Å². The molecule has 0 aliphatic carbocycles. The number of aryl methyl sites for hydroxylation is 2. The summed E-state index contributed by atoms with van der Waals surface area (Å²) in [7, 11) is 0. The van der Waals surface area contributed by atoms with Crippen LogP contribution in [-0.4, -0.2) is 53.5 Å². The first-order chi connectivity index (χ1) is 10.5. The van der Waals surface area contributed by atoms with E-state index in [-0.39, 0.29) is 11.8 Å². The maximum absolute atomic E-state index is 12.2. The van der Waals surface area contributed by atoms with Crippen molar-refractivity contribution in [1.29, 1.82) is 0 Å². The van der Waals surface area contributed by atoms with E-state index in [9.17, 15) is 9.59 Å². The molecule has 1 aromatic carbocycles. The van der Waals surface area contributed by atoms with Gasteiger partial charge in [0.2, 0.25) is 11.8 Å². The van der Waals surface area contributed by atoms with Crippen molar-refractivity contribution in [3.63, 3.8) is 0 Å². The van der Waals surface area contributed by atoms with E-state index >= 15 is 0 Å². The average molecular weight is 320 g/mol. The number of hydrogen-bond acceptors (Lipinski definition) is 3. The zero-order valence-corrected chi connectivity index (χ0v) is 14.4. The second-order valence-electron chi connectivity index (χ2n) is 5.73. The Labute approximate surface area is 136 Å². The van der Waals surface area contributed by atoms with Crippen molar-refractivity contribution in [3.05, 3.63) is 29.3 Å². The Kier molecular flexibility index (Phi) is 5.89. The van der Waals surface area contributed by atoms with Crippen molar-refractivity contribution >= 4 is 23.6 Å². The van der Waals surface area contributed by atoms with Crippen LogP contribution in [-0.2, 0) is 9.59 Å². The first kappa shape index (κ1) is 16.9. The lowest BCUT2D eigenvalue weighted by molar-refractivity contribution is -0.138. The number of rotatable bonds is 4. The van der Waals surface area contributed by atoms with Crippen LogP contribution in [0, 0.1) is 13.8 Å². The minimum Gasteiger partial charge on any atom is -0.339 e. The fourth-order valence-electron chi connectivity index (χ4n) is 2.49. The van der Waals surface area contributed by atoms with E-state index in [0.29, 0.717) is 32.6 Å². The van der Waals surface area contributed by atoms with E-state index in [2.05, 4.69) is 32.0 Å². The van der Waals surface area contributed by atoms with E-state index < -0.39 is 0 Å². The zero-order valence-electron chi connectivity index (χ0n) is 13.6. The molecule has 22 heavy (non-hydrogen) atoms. The van der Waals surface area contributed by atoms with Crippen molar-refractivity contribution in [1.82, 2.24) is 9.80 Å². The van der Waals surface area contributed by atoms with Gasteiger partial charge in [-0.25, -0.2) is 0 Å². The number of hydrogen-bond donors (Lipinski definition) is 0. The Morgan fingerprint density at radius 1 is 1.05 bits per heavy atom. The van der Waals surface area contributed by atoms with Crippen molar-refractivity contribution in [2.45, 2.75) is 32.1 Å². The van der Waals surface area contributed by atoms with Gasteiger partial charge < -0.3 is 9.80 Å². The molecule has 5 heteroatoms. The van der Waals surface area contributed by atoms with Crippen LogP contribution in [0.5, 0.6) is 0 Å². The van der Waals surface area contributed by atoms with Crippen LogP contribution >= 0.6 is 11.8 Å². The monoisotopic (exact) mass is 320 g/mol. The van der Waals surface area contributed by atoms with Crippen LogP contribution in [0.3, 0.4) is 0 Å². The molecule has 0 bridgehead atoms. The number of benzene rings is 1. The number of amides is 2. The topological polar surface area (TPSA) is 40.6 Å². The van der Waals surface area contributed by atoms with Crippen molar-refractivity contribution in [3.8, 4) is 0 Å². The molecule has 1 saturated heterocycles. The van der Waals surface area contributed by atoms with E-state index in [1.165, 1.54) is 16.0 Å². The number of thioether (sulfide) groups is 1. The maximum Gasteiger partial charge on any atom is 0.223 e. The number of nitrogens with zero attached hydrogens (tertiary/aromatic N) is 2. The van der Waals surface area contributed by atoms with Crippen molar-refractivity contribution in [2.24, 2.45) is 0 Å². The summed E-state index contributed by atoms with van der Waals surface area (Å²) in [4.78, 5) is 28.4. The molecule has 1 heterocycles. The third kappa shape index (κ3) is 4.50. The summed E-state index contributed by atoms with van der Waals surface area (Å²) in [5, 5.41) is 0. The van der Waals surface area contributed by atoms with Gasteiger partial charge in [0.05, 0.1) is 0 Å². The molecular formula is C17H24N2O2S. The molecule has 4 nitrogen and oxygen atoms in total. The second kappa shape index (κ2) is 7.68. The molecule has 1 aromatic rings. The van der Waals surface area contributed by atoms with Gasteiger partial charge in [-0.3, -0.25) is 9.59 Å². The molecule has 0 radical (unpaired) electrons. The van der Waals surface area contributed by atoms with Crippen molar-refractivity contribution < 1.29 is 9.59 Å². The fourth-order valence-corrected chi connectivity index (χ4v) is 3.43. The summed E-state index contributed by atoms with van der Waals surface area (Å²) in [6, 6.07) is 6.42. The van der Waals surface area contributed by atoms with Gasteiger partial charge in [0.15, 0.2) is 0 Å². The Morgan fingerprint density at radius 3 is 2.27 bits per heavy atom. The molecule has 1 fully saturated rings. The maximum atomic E-state index is 12.2. The second-order valence-corrected chi connectivity index (χ2v) is 6.90. The summed E-state index contributed by atoms with van der Waals surface area (Å²) in [5.41, 5.74) is 2.58. The predicted octanol–water partition coefficient (Wildman–Crippen LogP) is 2.48. The van der Waals surface area contributed by atoms with Gasteiger partial charge in [0, 0.05) is 50.2 Å². The molecule has 2 rings (SSSR count). The summed E-state index contributed by atoms with van der Waals surface area (Å²) in [6.45, 7) is 8.43. The summed E-state index contributed by atoms with van der Waals surface area (Å²) >= 11 is 1.73. The third-order valence-corrected chi connectivity index (χ3v) is 5.14. The quantitative estimate of drug-likeness (QED) is 0.800. The number of carbonyl (C=O) groups excluding carboxylic acids is 2. The molecule has 0 spiro atoms. The minimum atomic E-state index is 0.0948. The predicted molar refractivity (Wildman–Crippen MR) is 90.1 cm³/mol. The SMILES string of the molecule is CC(=O)N1CCN(C(=O)CCSc2ccc(C)c(C)c2)CC1. The van der Waals surface area contributed by atoms with Gasteiger partial charge in [-0.2, -0.15) is 0 Å². The Balaban J connectivity index is 1.74. The Morgan fingerprint density at radius 2 is 1.68 bits per heavy atom. The molecule has 0 N–H and O–H groups in total. The zero-order chi connectivity index (χ0) is 16.1. The summed E-state index contributed by atoms with van der Waals surface area (Å²) in [5.74, 6) is 1.09. The average Bonchev–Trinajstić information content (AvgIpc) is 2.51. The number of piperazine rings is 1. The standard InChI is InChI=1S/C17H24N2O2S/c1-13-4-5-16(12-14(13)2)22-11-6-17(21)19-9-7-18(8-10-19)15(3)20/h4-5,12H,6-11H2,1-3H3. The number of carbonyl (C=O) groups is 2. The van der Waals surface area contributed by atoms with Gasteiger partial charge in [-0.05, 0) is 37.1 Å². The Hall–Kier alpha value is -1.49. The summed E-state index contributed by atoms with van der Waals surface area (Å²) < 4.78 is 0. The fraction of sp³-hybridized carbons (Fsp3) is 0.529. The van der Waals surface area contributed by atoms with Gasteiger partial charge in [0.1, 0.15) is 0 Å². The van der Waals surface area contributed by atoms with Gasteiger partial charge in [-0.15, -0.1) is 11.8 Å². The first-order valence-corrected chi connectivity index (χ1v) is 8.69. The van der Waals surface area contributed by atoms with Gasteiger partial charge in [0.25, 0.3) is 0 Å².